The SMILES string of the molecule is CC1(N2Cc3cc(Nc4nn(C(CC#N)C5CC5)c5cc[nH]c(=O)c45)ccc3S2(=O)=O)CCCCC1. The van der Waals surface area contributed by atoms with Gasteiger partial charge in [0.25, 0.3) is 5.56 Å². The number of fused-ring (bicyclic) bond motifs is 2. The van der Waals surface area contributed by atoms with Gasteiger partial charge in [-0.2, -0.15) is 14.7 Å². The van der Waals surface area contributed by atoms with Crippen molar-refractivity contribution in [3.05, 3.63) is 46.4 Å². The summed E-state index contributed by atoms with van der Waals surface area (Å²) in [5.41, 5.74) is 1.51. The number of rotatable bonds is 6. The Bertz CT molecular complexity index is 1540. The van der Waals surface area contributed by atoms with Gasteiger partial charge in [-0.3, -0.25) is 9.48 Å². The number of anilines is 2. The number of hydrogen-bond donors (Lipinski definition) is 2. The number of nitrogens with zero attached hydrogens (tertiary/aromatic N) is 4. The molecule has 188 valence electrons. The molecule has 0 radical (unpaired) electrons. The number of hydrogen-bond acceptors (Lipinski definition) is 6. The number of benzene rings is 1. The van der Waals surface area contributed by atoms with Crippen LogP contribution in [0.4, 0.5) is 11.5 Å². The average Bonchev–Trinajstić information content (AvgIpc) is 3.57. The van der Waals surface area contributed by atoms with Gasteiger partial charge in [0, 0.05) is 24.0 Å². The summed E-state index contributed by atoms with van der Waals surface area (Å²) in [7, 11) is -3.55. The maximum atomic E-state index is 13.4. The summed E-state index contributed by atoms with van der Waals surface area (Å²) in [4.78, 5) is 15.9. The van der Waals surface area contributed by atoms with E-state index in [0.29, 0.717) is 46.2 Å². The third kappa shape index (κ3) is 3.73. The molecule has 2 aliphatic carbocycles. The molecule has 36 heavy (non-hydrogen) atoms. The van der Waals surface area contributed by atoms with E-state index in [1.165, 1.54) is 0 Å². The summed E-state index contributed by atoms with van der Waals surface area (Å²) in [5.74, 6) is 0.796. The highest BCUT2D eigenvalue weighted by Crippen LogP contribution is 2.44. The van der Waals surface area contributed by atoms with Gasteiger partial charge in [-0.05, 0) is 68.4 Å². The smallest absolute Gasteiger partial charge is 0.261 e. The Morgan fingerprint density at radius 1 is 1.25 bits per heavy atom. The molecule has 1 aliphatic heterocycles. The molecule has 10 heteroatoms. The van der Waals surface area contributed by atoms with E-state index in [1.54, 1.807) is 22.6 Å². The van der Waals surface area contributed by atoms with Gasteiger partial charge in [0.2, 0.25) is 10.0 Å². The molecule has 1 unspecified atom stereocenters. The van der Waals surface area contributed by atoms with E-state index in [9.17, 15) is 18.5 Å². The van der Waals surface area contributed by atoms with Gasteiger partial charge >= 0.3 is 0 Å². The minimum absolute atomic E-state index is 0.0789. The summed E-state index contributed by atoms with van der Waals surface area (Å²) in [5, 5.41) is 17.8. The molecule has 3 aliphatic rings. The van der Waals surface area contributed by atoms with Crippen LogP contribution in [0.5, 0.6) is 0 Å². The first-order valence-corrected chi connectivity index (χ1v) is 14.2. The van der Waals surface area contributed by atoms with Gasteiger partial charge < -0.3 is 10.3 Å². The lowest BCUT2D eigenvalue weighted by Gasteiger charge is -2.40. The van der Waals surface area contributed by atoms with Crippen molar-refractivity contribution in [2.24, 2.45) is 5.92 Å². The van der Waals surface area contributed by atoms with Crippen molar-refractivity contribution >= 4 is 32.4 Å². The Labute approximate surface area is 210 Å². The van der Waals surface area contributed by atoms with Gasteiger partial charge in [0.15, 0.2) is 5.82 Å². The van der Waals surface area contributed by atoms with Gasteiger partial charge in [0.1, 0.15) is 5.39 Å². The highest BCUT2D eigenvalue weighted by atomic mass is 32.2. The van der Waals surface area contributed by atoms with E-state index in [0.717, 1.165) is 50.5 Å². The molecule has 3 heterocycles. The van der Waals surface area contributed by atoms with Crippen LogP contribution in [0.1, 0.15) is 69.9 Å². The summed E-state index contributed by atoms with van der Waals surface area (Å²) in [6.07, 6.45) is 9.03. The Morgan fingerprint density at radius 3 is 2.75 bits per heavy atom. The molecule has 6 rings (SSSR count). The summed E-state index contributed by atoms with van der Waals surface area (Å²) >= 11 is 0. The predicted molar refractivity (Wildman–Crippen MR) is 136 cm³/mol. The molecule has 9 nitrogen and oxygen atoms in total. The van der Waals surface area contributed by atoms with Crippen molar-refractivity contribution in [2.75, 3.05) is 5.32 Å². The number of aromatic amines is 1. The third-order valence-corrected chi connectivity index (χ3v) is 10.3. The Morgan fingerprint density at radius 2 is 2.03 bits per heavy atom. The topological polar surface area (TPSA) is 124 Å². The second-order valence-electron chi connectivity index (χ2n) is 10.6. The number of pyridine rings is 1. The molecule has 1 atom stereocenters. The number of H-pyrrole nitrogens is 1. The first-order chi connectivity index (χ1) is 17.3. The molecular formula is C26H30N6O3S. The van der Waals surface area contributed by atoms with Crippen LogP contribution in [0.25, 0.3) is 10.9 Å². The van der Waals surface area contributed by atoms with Crippen LogP contribution in [-0.4, -0.2) is 33.0 Å². The molecule has 1 aromatic carbocycles. The maximum absolute atomic E-state index is 13.4. The number of nitriles is 1. The summed E-state index contributed by atoms with van der Waals surface area (Å²) in [6, 6.07) is 9.26. The van der Waals surface area contributed by atoms with Crippen molar-refractivity contribution < 1.29 is 8.42 Å². The van der Waals surface area contributed by atoms with Crippen LogP contribution in [0.15, 0.2) is 40.2 Å². The summed E-state index contributed by atoms with van der Waals surface area (Å²) in [6.45, 7) is 2.42. The van der Waals surface area contributed by atoms with E-state index >= 15 is 0 Å². The lowest BCUT2D eigenvalue weighted by molar-refractivity contribution is 0.148. The fraction of sp³-hybridized carbons (Fsp3) is 0.500. The molecule has 0 saturated heterocycles. The zero-order valence-electron chi connectivity index (χ0n) is 20.3. The fourth-order valence-corrected chi connectivity index (χ4v) is 8.04. The van der Waals surface area contributed by atoms with Crippen molar-refractivity contribution in [3.63, 3.8) is 0 Å². The van der Waals surface area contributed by atoms with Gasteiger partial charge in [-0.1, -0.05) is 19.3 Å². The maximum Gasteiger partial charge on any atom is 0.261 e. The van der Waals surface area contributed by atoms with Crippen LogP contribution in [-0.2, 0) is 16.6 Å². The average molecular weight is 507 g/mol. The quantitative estimate of drug-likeness (QED) is 0.505. The van der Waals surface area contributed by atoms with E-state index in [-0.39, 0.29) is 17.1 Å². The van der Waals surface area contributed by atoms with Crippen LogP contribution in [0, 0.1) is 17.2 Å². The normalized spacial score (nSPS) is 21.7. The predicted octanol–water partition coefficient (Wildman–Crippen LogP) is 4.56. The second-order valence-corrected chi connectivity index (χ2v) is 12.5. The lowest BCUT2D eigenvalue weighted by atomic mass is 9.83. The van der Waals surface area contributed by atoms with Crippen LogP contribution in [0.2, 0.25) is 0 Å². The molecule has 3 aromatic rings. The minimum Gasteiger partial charge on any atom is -0.338 e. The molecule has 0 bridgehead atoms. The van der Waals surface area contributed by atoms with E-state index < -0.39 is 10.0 Å². The second kappa shape index (κ2) is 8.46. The highest BCUT2D eigenvalue weighted by molar-refractivity contribution is 7.89. The first-order valence-electron chi connectivity index (χ1n) is 12.7. The third-order valence-electron chi connectivity index (χ3n) is 8.15. The van der Waals surface area contributed by atoms with Crippen LogP contribution < -0.4 is 10.9 Å². The van der Waals surface area contributed by atoms with Gasteiger partial charge in [0.05, 0.1) is 28.9 Å². The van der Waals surface area contributed by atoms with Crippen molar-refractivity contribution in [3.8, 4) is 6.07 Å². The largest absolute Gasteiger partial charge is 0.338 e. The summed E-state index contributed by atoms with van der Waals surface area (Å²) < 4.78 is 30.3. The zero-order valence-corrected chi connectivity index (χ0v) is 21.1. The molecule has 2 saturated carbocycles. The fourth-order valence-electron chi connectivity index (χ4n) is 6.04. The molecule has 2 aromatic heterocycles. The number of sulfonamides is 1. The Kier molecular flexibility index (Phi) is 5.46. The molecule has 2 fully saturated rings. The zero-order chi connectivity index (χ0) is 25.1. The highest BCUT2D eigenvalue weighted by Gasteiger charge is 2.46. The molecular weight excluding hydrogens is 476 g/mol. The van der Waals surface area contributed by atoms with Crippen LogP contribution >= 0.6 is 0 Å². The van der Waals surface area contributed by atoms with E-state index in [2.05, 4.69) is 23.3 Å². The molecule has 2 N–H and O–H groups in total. The monoisotopic (exact) mass is 506 g/mol. The first kappa shape index (κ1) is 23.3. The van der Waals surface area contributed by atoms with Crippen LogP contribution in [0.3, 0.4) is 0 Å². The van der Waals surface area contributed by atoms with E-state index in [4.69, 9.17) is 5.10 Å². The minimum atomic E-state index is -3.55. The molecule has 0 amide bonds. The number of nitrogens with one attached hydrogen (secondary N) is 2. The van der Waals surface area contributed by atoms with Crippen molar-refractivity contribution in [2.45, 2.75) is 81.3 Å². The number of aromatic nitrogens is 3. The van der Waals surface area contributed by atoms with Crippen molar-refractivity contribution in [1.29, 1.82) is 5.26 Å². The lowest BCUT2D eigenvalue weighted by Crippen LogP contribution is -2.47. The standard InChI is InChI=1S/C26H30N6O3S/c1-26(11-3-2-4-12-26)31-16-18-15-19(7-8-22(18)36(31,34)35)29-24-23-21(10-14-28-25(23)33)32(30-24)20(9-13-27)17-5-6-17/h7-8,10,14-15,17,20H,2-6,9,11-12,16H2,1H3,(H,28,33)(H,29,30). The van der Waals surface area contributed by atoms with Gasteiger partial charge in [-0.15, -0.1) is 0 Å². The van der Waals surface area contributed by atoms with E-state index in [1.807, 2.05) is 16.8 Å². The Hall–Kier alpha value is -3.16. The van der Waals surface area contributed by atoms with Crippen molar-refractivity contribution in [1.82, 2.24) is 19.1 Å². The molecule has 0 spiro atoms. The van der Waals surface area contributed by atoms with Gasteiger partial charge in [-0.25, -0.2) is 8.42 Å². The Balaban J connectivity index is 1.36.